The van der Waals surface area contributed by atoms with E-state index in [1.807, 2.05) is 76.4 Å². The largest absolute Gasteiger partial charge is 0.352 e. The maximum absolute atomic E-state index is 14.0. The summed E-state index contributed by atoms with van der Waals surface area (Å²) >= 11 is 1.52. The average Bonchev–Trinajstić information content (AvgIpc) is 2.92. The Morgan fingerprint density at radius 2 is 1.54 bits per heavy atom. The summed E-state index contributed by atoms with van der Waals surface area (Å²) in [5.41, 5.74) is 2.19. The van der Waals surface area contributed by atoms with E-state index in [9.17, 15) is 18.0 Å². The summed E-state index contributed by atoms with van der Waals surface area (Å²) in [4.78, 5) is 29.7. The number of carbonyl (C=O) groups is 2. The zero-order valence-electron chi connectivity index (χ0n) is 23.1. The smallest absolute Gasteiger partial charge is 0.264 e. The van der Waals surface area contributed by atoms with Crippen LogP contribution in [-0.4, -0.2) is 50.0 Å². The molecular weight excluding hydrogens is 530 g/mol. The molecule has 0 unspecified atom stereocenters. The number of nitrogens with one attached hydrogen (secondary N) is 1. The van der Waals surface area contributed by atoms with E-state index in [0.717, 1.165) is 20.3 Å². The van der Waals surface area contributed by atoms with Crippen molar-refractivity contribution in [2.45, 2.75) is 62.5 Å². The first-order valence-corrected chi connectivity index (χ1v) is 15.6. The van der Waals surface area contributed by atoms with E-state index < -0.39 is 28.5 Å². The molecule has 0 radical (unpaired) electrons. The van der Waals surface area contributed by atoms with Gasteiger partial charge in [0.2, 0.25) is 11.8 Å². The van der Waals surface area contributed by atoms with E-state index in [0.29, 0.717) is 12.1 Å². The summed E-state index contributed by atoms with van der Waals surface area (Å²) < 4.78 is 29.0. The molecule has 0 heterocycles. The van der Waals surface area contributed by atoms with Crippen LogP contribution < -0.4 is 9.62 Å². The SMILES string of the molecule is CC[C@H](C(=O)NC(C)C)N(Cc1ccccc1)C(=O)CN(c1ccc(C)cc1)S(=O)(=O)c1ccc(SC)cc1. The Bertz CT molecular complexity index is 1340. The Labute approximate surface area is 236 Å². The third-order valence-corrected chi connectivity index (χ3v) is 8.79. The number of nitrogens with zero attached hydrogens (tertiary/aromatic N) is 2. The molecule has 0 aliphatic carbocycles. The van der Waals surface area contributed by atoms with E-state index in [4.69, 9.17) is 0 Å². The van der Waals surface area contributed by atoms with Crippen LogP contribution in [0, 0.1) is 6.92 Å². The molecule has 3 aromatic rings. The molecular formula is C30H37N3O4S2. The molecule has 1 atom stereocenters. The lowest BCUT2D eigenvalue weighted by atomic mass is 10.1. The van der Waals surface area contributed by atoms with Gasteiger partial charge in [0.05, 0.1) is 10.6 Å². The van der Waals surface area contributed by atoms with Crippen LogP contribution in [0.25, 0.3) is 0 Å². The molecule has 7 nitrogen and oxygen atoms in total. The highest BCUT2D eigenvalue weighted by molar-refractivity contribution is 7.98. The van der Waals surface area contributed by atoms with E-state index in [1.165, 1.54) is 16.7 Å². The summed E-state index contributed by atoms with van der Waals surface area (Å²) in [7, 11) is -4.09. The zero-order valence-corrected chi connectivity index (χ0v) is 24.8. The van der Waals surface area contributed by atoms with Gasteiger partial charge in [0.25, 0.3) is 10.0 Å². The summed E-state index contributed by atoms with van der Waals surface area (Å²) in [5.74, 6) is -0.733. The fourth-order valence-corrected chi connectivity index (χ4v) is 6.02. The molecule has 0 bridgehead atoms. The minimum Gasteiger partial charge on any atom is -0.352 e. The maximum Gasteiger partial charge on any atom is 0.264 e. The van der Waals surface area contributed by atoms with E-state index in [2.05, 4.69) is 5.32 Å². The van der Waals surface area contributed by atoms with Crippen LogP contribution in [0.3, 0.4) is 0 Å². The molecule has 1 N–H and O–H groups in total. The van der Waals surface area contributed by atoms with Crippen molar-refractivity contribution < 1.29 is 18.0 Å². The Hall–Kier alpha value is -3.30. The van der Waals surface area contributed by atoms with Gasteiger partial charge in [0.1, 0.15) is 12.6 Å². The fraction of sp³-hybridized carbons (Fsp3) is 0.333. The topological polar surface area (TPSA) is 86.8 Å². The van der Waals surface area contributed by atoms with Gasteiger partial charge in [-0.2, -0.15) is 0 Å². The lowest BCUT2D eigenvalue weighted by Crippen LogP contribution is -2.53. The van der Waals surface area contributed by atoms with Gasteiger partial charge in [0, 0.05) is 17.5 Å². The van der Waals surface area contributed by atoms with E-state index >= 15 is 0 Å². The summed E-state index contributed by atoms with van der Waals surface area (Å²) in [6.45, 7) is 7.21. The zero-order chi connectivity index (χ0) is 28.6. The summed E-state index contributed by atoms with van der Waals surface area (Å²) in [5, 5.41) is 2.91. The molecule has 0 saturated carbocycles. The van der Waals surface area contributed by atoms with Gasteiger partial charge in [0.15, 0.2) is 0 Å². The number of carbonyl (C=O) groups excluding carboxylic acids is 2. The fourth-order valence-electron chi connectivity index (χ4n) is 4.20. The molecule has 3 aromatic carbocycles. The lowest BCUT2D eigenvalue weighted by molar-refractivity contribution is -0.140. The van der Waals surface area contributed by atoms with Crippen LogP contribution in [0.15, 0.2) is 88.7 Å². The second-order valence-electron chi connectivity index (χ2n) is 9.62. The van der Waals surface area contributed by atoms with Crippen LogP contribution in [-0.2, 0) is 26.2 Å². The second-order valence-corrected chi connectivity index (χ2v) is 12.4. The second kappa shape index (κ2) is 13.7. The van der Waals surface area contributed by atoms with Crippen molar-refractivity contribution in [3.63, 3.8) is 0 Å². The van der Waals surface area contributed by atoms with Crippen LogP contribution in [0.5, 0.6) is 0 Å². The van der Waals surface area contributed by atoms with Crippen LogP contribution >= 0.6 is 11.8 Å². The van der Waals surface area contributed by atoms with Crippen molar-refractivity contribution in [1.29, 1.82) is 0 Å². The molecule has 39 heavy (non-hydrogen) atoms. The van der Waals surface area contributed by atoms with Gasteiger partial charge >= 0.3 is 0 Å². The molecule has 0 aromatic heterocycles. The normalized spacial score (nSPS) is 12.2. The monoisotopic (exact) mass is 567 g/mol. The number of anilines is 1. The predicted molar refractivity (Wildman–Crippen MR) is 158 cm³/mol. The van der Waals surface area contributed by atoms with Gasteiger partial charge in [-0.25, -0.2) is 8.42 Å². The van der Waals surface area contributed by atoms with Crippen molar-refractivity contribution in [1.82, 2.24) is 10.2 Å². The Kier molecular flexibility index (Phi) is 10.6. The third-order valence-electron chi connectivity index (χ3n) is 6.26. The number of aryl methyl sites for hydroxylation is 1. The molecule has 0 aliphatic heterocycles. The molecule has 0 spiro atoms. The molecule has 208 valence electrons. The van der Waals surface area contributed by atoms with Crippen molar-refractivity contribution in [3.8, 4) is 0 Å². The molecule has 3 rings (SSSR count). The van der Waals surface area contributed by atoms with Crippen LogP contribution in [0.2, 0.25) is 0 Å². The highest BCUT2D eigenvalue weighted by Crippen LogP contribution is 2.26. The molecule has 0 fully saturated rings. The highest BCUT2D eigenvalue weighted by Gasteiger charge is 2.33. The van der Waals surface area contributed by atoms with Crippen molar-refractivity contribution in [2.75, 3.05) is 17.1 Å². The minimum atomic E-state index is -4.09. The van der Waals surface area contributed by atoms with Gasteiger partial charge in [-0.3, -0.25) is 13.9 Å². The lowest BCUT2D eigenvalue weighted by Gasteiger charge is -2.33. The number of hydrogen-bond acceptors (Lipinski definition) is 5. The van der Waals surface area contributed by atoms with Gasteiger partial charge in [-0.15, -0.1) is 11.8 Å². The number of thioether (sulfide) groups is 1. The number of sulfonamides is 1. The first kappa shape index (κ1) is 30.2. The Morgan fingerprint density at radius 3 is 2.08 bits per heavy atom. The molecule has 0 saturated heterocycles. The first-order valence-electron chi connectivity index (χ1n) is 12.9. The summed E-state index contributed by atoms with van der Waals surface area (Å²) in [6.07, 6.45) is 2.30. The number of rotatable bonds is 12. The van der Waals surface area contributed by atoms with E-state index in [-0.39, 0.29) is 23.4 Å². The average molecular weight is 568 g/mol. The molecule has 9 heteroatoms. The van der Waals surface area contributed by atoms with Crippen LogP contribution in [0.1, 0.15) is 38.3 Å². The van der Waals surface area contributed by atoms with Gasteiger partial charge in [-0.05, 0) is 75.4 Å². The highest BCUT2D eigenvalue weighted by atomic mass is 32.2. The van der Waals surface area contributed by atoms with E-state index in [1.54, 1.807) is 36.4 Å². The van der Waals surface area contributed by atoms with Gasteiger partial charge in [-0.1, -0.05) is 55.0 Å². The number of benzene rings is 3. The third kappa shape index (κ3) is 7.86. The first-order chi connectivity index (χ1) is 18.6. The molecule has 2 amide bonds. The standard InChI is InChI=1S/C30H37N3O4S2/c1-6-28(30(35)31-22(2)3)32(20-24-10-8-7-9-11-24)29(34)21-33(25-14-12-23(4)13-15-25)39(36,37)27-18-16-26(38-5)17-19-27/h7-19,22,28H,6,20-21H2,1-5H3,(H,31,35)/t28-/m1/s1. The Balaban J connectivity index is 2.04. The minimum absolute atomic E-state index is 0.0906. The van der Waals surface area contributed by atoms with Crippen molar-refractivity contribution in [2.24, 2.45) is 0 Å². The van der Waals surface area contributed by atoms with Gasteiger partial charge < -0.3 is 10.2 Å². The number of hydrogen-bond donors (Lipinski definition) is 1. The van der Waals surface area contributed by atoms with Crippen molar-refractivity contribution in [3.05, 3.63) is 90.0 Å². The van der Waals surface area contributed by atoms with Crippen molar-refractivity contribution >= 4 is 39.3 Å². The van der Waals surface area contributed by atoms with Crippen LogP contribution in [0.4, 0.5) is 5.69 Å². The summed E-state index contributed by atoms with van der Waals surface area (Å²) in [6, 6.07) is 22.1. The maximum atomic E-state index is 14.0. The Morgan fingerprint density at radius 1 is 0.923 bits per heavy atom. The predicted octanol–water partition coefficient (Wildman–Crippen LogP) is 5.24. The number of amides is 2. The molecule has 0 aliphatic rings. The quantitative estimate of drug-likeness (QED) is 0.302.